The molecule has 0 radical (unpaired) electrons. The maximum absolute atomic E-state index is 13.9. The second-order valence-corrected chi connectivity index (χ2v) is 11.5. The molecule has 214 valence electrons. The number of piperazine rings is 1. The highest BCUT2D eigenvalue weighted by molar-refractivity contribution is 6.35. The molecular weight excluding hydrogens is 542 g/mol. The fourth-order valence-corrected chi connectivity index (χ4v) is 6.67. The number of benzene rings is 2. The summed E-state index contributed by atoms with van der Waals surface area (Å²) in [5.41, 5.74) is 9.71. The molecule has 11 heteroatoms. The molecule has 0 aliphatic carbocycles. The number of aromatic nitrogens is 4. The van der Waals surface area contributed by atoms with E-state index in [9.17, 15) is 9.59 Å². The SMILES string of the molecule is C=CC(=O)N1C[C@H](C)N(c2nc(=O)n3c4c(c(-c5c(C)ccc6[nH]ncc56)c(Cl)cc24)OC[C@H]3CCCN)C[C@H]1C. The van der Waals surface area contributed by atoms with Crippen LogP contribution in [0.4, 0.5) is 5.82 Å². The molecule has 3 N–H and O–H groups in total. The van der Waals surface area contributed by atoms with Crippen molar-refractivity contribution in [3.8, 4) is 16.9 Å². The zero-order valence-corrected chi connectivity index (χ0v) is 24.2. The van der Waals surface area contributed by atoms with Crippen LogP contribution in [0.5, 0.6) is 5.75 Å². The standard InChI is InChI=1S/C30H34ClN7O3/c1-5-24(39)36-13-18(4)37(14-17(36)3)29-20-11-22(31)26(25-16(2)8-9-23-21(25)12-33-35-23)28-27(20)38(30(40)34-29)19(15-41-28)7-6-10-32/h5,8-9,11-12,17-19H,1,6-7,10,13-15,32H2,2-4H3,(H,33,35)/t17-,18+,19-/m1/s1. The summed E-state index contributed by atoms with van der Waals surface area (Å²) < 4.78 is 8.30. The van der Waals surface area contributed by atoms with E-state index in [-0.39, 0.29) is 29.7 Å². The quantitative estimate of drug-likeness (QED) is 0.331. The number of hydrogen-bond acceptors (Lipinski definition) is 7. The number of fused-ring (bicyclic) bond motifs is 1. The number of nitrogens with zero attached hydrogens (tertiary/aromatic N) is 5. The number of nitrogens with two attached hydrogens (primary N) is 1. The summed E-state index contributed by atoms with van der Waals surface area (Å²) in [4.78, 5) is 34.9. The van der Waals surface area contributed by atoms with Crippen LogP contribution < -0.4 is 21.1 Å². The van der Waals surface area contributed by atoms with Crippen LogP contribution in [0, 0.1) is 6.92 Å². The minimum Gasteiger partial charge on any atom is -0.488 e. The van der Waals surface area contributed by atoms with Gasteiger partial charge in [-0.05, 0) is 63.9 Å². The number of nitrogens with one attached hydrogen (secondary N) is 1. The number of carbonyl (C=O) groups excluding carboxylic acids is 1. The van der Waals surface area contributed by atoms with Crippen molar-refractivity contribution in [3.05, 3.63) is 58.1 Å². The van der Waals surface area contributed by atoms with Crippen molar-refractivity contribution in [2.24, 2.45) is 5.73 Å². The first-order valence-electron chi connectivity index (χ1n) is 14.0. The van der Waals surface area contributed by atoms with Crippen molar-refractivity contribution in [1.82, 2.24) is 24.6 Å². The van der Waals surface area contributed by atoms with Gasteiger partial charge in [-0.1, -0.05) is 24.2 Å². The monoisotopic (exact) mass is 575 g/mol. The molecule has 1 amide bonds. The molecule has 0 saturated carbocycles. The highest BCUT2D eigenvalue weighted by Crippen LogP contribution is 2.49. The van der Waals surface area contributed by atoms with E-state index >= 15 is 0 Å². The van der Waals surface area contributed by atoms with Crippen LogP contribution in [0.25, 0.3) is 32.9 Å². The summed E-state index contributed by atoms with van der Waals surface area (Å²) in [6.07, 6.45) is 4.57. The number of aryl methyl sites for hydroxylation is 1. The van der Waals surface area contributed by atoms with E-state index in [1.165, 1.54) is 6.08 Å². The summed E-state index contributed by atoms with van der Waals surface area (Å²) in [7, 11) is 0. The summed E-state index contributed by atoms with van der Waals surface area (Å²) >= 11 is 7.13. The first-order valence-corrected chi connectivity index (χ1v) is 14.4. The molecule has 6 rings (SSSR count). The molecule has 1 saturated heterocycles. The largest absolute Gasteiger partial charge is 0.488 e. The van der Waals surface area contributed by atoms with Gasteiger partial charge in [-0.25, -0.2) is 4.79 Å². The number of amides is 1. The van der Waals surface area contributed by atoms with Gasteiger partial charge in [0.05, 0.1) is 28.3 Å². The molecule has 2 aliphatic rings. The molecule has 0 bridgehead atoms. The predicted molar refractivity (Wildman–Crippen MR) is 162 cm³/mol. The number of halogens is 1. The van der Waals surface area contributed by atoms with Crippen molar-refractivity contribution < 1.29 is 9.53 Å². The van der Waals surface area contributed by atoms with Crippen molar-refractivity contribution in [3.63, 3.8) is 0 Å². The maximum atomic E-state index is 13.9. The molecule has 4 heterocycles. The number of ether oxygens (including phenoxy) is 1. The van der Waals surface area contributed by atoms with Gasteiger partial charge >= 0.3 is 5.69 Å². The summed E-state index contributed by atoms with van der Waals surface area (Å²) in [5, 5.41) is 9.46. The van der Waals surface area contributed by atoms with Crippen molar-refractivity contribution in [2.75, 3.05) is 31.1 Å². The Morgan fingerprint density at radius 1 is 1.24 bits per heavy atom. The fraction of sp³-hybridized carbons (Fsp3) is 0.400. The van der Waals surface area contributed by atoms with E-state index in [1.807, 2.05) is 39.0 Å². The molecule has 0 unspecified atom stereocenters. The molecule has 0 spiro atoms. The number of rotatable bonds is 6. The van der Waals surface area contributed by atoms with Gasteiger partial charge in [0, 0.05) is 47.1 Å². The highest BCUT2D eigenvalue weighted by Gasteiger charge is 2.36. The van der Waals surface area contributed by atoms with E-state index in [0.29, 0.717) is 54.8 Å². The number of anilines is 1. The molecular formula is C30H34ClN7O3. The van der Waals surface area contributed by atoms with Crippen LogP contribution in [-0.4, -0.2) is 68.9 Å². The molecule has 1 fully saturated rings. The van der Waals surface area contributed by atoms with Crippen LogP contribution in [0.1, 0.15) is 38.3 Å². The molecule has 2 aromatic heterocycles. The Balaban J connectivity index is 1.61. The van der Waals surface area contributed by atoms with Crippen LogP contribution >= 0.6 is 11.6 Å². The average Bonchev–Trinajstić information content (AvgIpc) is 3.44. The molecule has 10 nitrogen and oxygen atoms in total. The predicted octanol–water partition coefficient (Wildman–Crippen LogP) is 4.19. The molecule has 2 aliphatic heterocycles. The zero-order chi connectivity index (χ0) is 29.0. The second-order valence-electron chi connectivity index (χ2n) is 11.1. The molecule has 41 heavy (non-hydrogen) atoms. The van der Waals surface area contributed by atoms with Gasteiger partial charge in [0.25, 0.3) is 0 Å². The lowest BCUT2D eigenvalue weighted by Gasteiger charge is -2.45. The Morgan fingerprint density at radius 3 is 2.80 bits per heavy atom. The Kier molecular flexibility index (Phi) is 6.99. The number of H-pyrrole nitrogens is 1. The summed E-state index contributed by atoms with van der Waals surface area (Å²) in [5.74, 6) is 0.999. The number of carbonyl (C=O) groups is 1. The van der Waals surface area contributed by atoms with Gasteiger partial charge in [0.1, 0.15) is 12.4 Å². The Morgan fingerprint density at radius 2 is 2.05 bits per heavy atom. The van der Waals surface area contributed by atoms with Gasteiger partial charge in [0.15, 0.2) is 5.75 Å². The fourth-order valence-electron chi connectivity index (χ4n) is 6.38. The lowest BCUT2D eigenvalue weighted by atomic mass is 9.93. The lowest BCUT2D eigenvalue weighted by Crippen LogP contribution is -2.58. The number of aromatic amines is 1. The minimum absolute atomic E-state index is 0.0956. The van der Waals surface area contributed by atoms with E-state index in [2.05, 4.69) is 26.7 Å². The molecule has 3 atom stereocenters. The maximum Gasteiger partial charge on any atom is 0.350 e. The Hall–Kier alpha value is -3.89. The normalized spacial score (nSPS) is 20.5. The van der Waals surface area contributed by atoms with Gasteiger partial charge in [-0.2, -0.15) is 10.1 Å². The summed E-state index contributed by atoms with van der Waals surface area (Å²) in [6.45, 7) is 11.5. The average molecular weight is 576 g/mol. The third-order valence-electron chi connectivity index (χ3n) is 8.42. The van der Waals surface area contributed by atoms with E-state index < -0.39 is 0 Å². The lowest BCUT2D eigenvalue weighted by molar-refractivity contribution is -0.128. The minimum atomic E-state index is -0.338. The van der Waals surface area contributed by atoms with Gasteiger partial charge in [0.2, 0.25) is 5.91 Å². The Labute approximate surface area is 242 Å². The highest BCUT2D eigenvalue weighted by atomic mass is 35.5. The van der Waals surface area contributed by atoms with Gasteiger partial charge in [-0.3, -0.25) is 14.5 Å². The molecule has 4 aromatic rings. The van der Waals surface area contributed by atoms with Gasteiger partial charge < -0.3 is 20.3 Å². The third kappa shape index (κ3) is 4.36. The van der Waals surface area contributed by atoms with Crippen molar-refractivity contribution in [2.45, 2.75) is 51.7 Å². The zero-order valence-electron chi connectivity index (χ0n) is 23.5. The second kappa shape index (κ2) is 10.5. The van der Waals surface area contributed by atoms with Gasteiger partial charge in [-0.15, -0.1) is 0 Å². The first-order chi connectivity index (χ1) is 19.7. The van der Waals surface area contributed by atoms with Crippen LogP contribution in [0.15, 0.2) is 41.8 Å². The first kappa shape index (κ1) is 27.3. The third-order valence-corrected chi connectivity index (χ3v) is 8.72. The van der Waals surface area contributed by atoms with Crippen molar-refractivity contribution >= 4 is 45.1 Å². The van der Waals surface area contributed by atoms with E-state index in [1.54, 1.807) is 15.7 Å². The van der Waals surface area contributed by atoms with Crippen molar-refractivity contribution in [1.29, 1.82) is 0 Å². The van der Waals surface area contributed by atoms with E-state index in [4.69, 9.17) is 22.1 Å². The van der Waals surface area contributed by atoms with Crippen LogP contribution in [0.2, 0.25) is 5.02 Å². The van der Waals surface area contributed by atoms with Crippen LogP contribution in [0.3, 0.4) is 0 Å². The van der Waals surface area contributed by atoms with Crippen LogP contribution in [-0.2, 0) is 4.79 Å². The van der Waals surface area contributed by atoms with E-state index in [0.717, 1.165) is 39.4 Å². The smallest absolute Gasteiger partial charge is 0.350 e. The topological polar surface area (TPSA) is 122 Å². The summed E-state index contributed by atoms with van der Waals surface area (Å²) in [6, 6.07) is 5.51. The number of hydrogen-bond donors (Lipinski definition) is 2. The molecule has 2 aromatic carbocycles. The Bertz CT molecular complexity index is 1750.